The molecule has 0 saturated carbocycles. The summed E-state index contributed by atoms with van der Waals surface area (Å²) in [6.07, 6.45) is 11.4. The first kappa shape index (κ1) is 34.2. The van der Waals surface area contributed by atoms with Crippen LogP contribution in [0, 0.1) is 13.8 Å². The monoisotopic (exact) mass is 702 g/mol. The van der Waals surface area contributed by atoms with E-state index in [0.717, 1.165) is 6.42 Å². The van der Waals surface area contributed by atoms with E-state index in [9.17, 15) is 0 Å². The minimum Gasteiger partial charge on any atom is -0.338 e. The maximum atomic E-state index is 2.53. The van der Waals surface area contributed by atoms with E-state index in [1.54, 1.807) is 0 Å². The number of aryl methyl sites for hydroxylation is 3. The highest BCUT2D eigenvalue weighted by molar-refractivity contribution is 5.87. The van der Waals surface area contributed by atoms with Crippen LogP contribution in [0.4, 0.5) is 22.7 Å². The van der Waals surface area contributed by atoms with E-state index >= 15 is 0 Å². The minimum atomic E-state index is -0.130. The lowest BCUT2D eigenvalue weighted by atomic mass is 9.81. The predicted molar refractivity (Wildman–Crippen MR) is 232 cm³/mol. The third kappa shape index (κ3) is 5.62. The molecule has 0 N–H and O–H groups in total. The number of hydrogen-bond donors (Lipinski definition) is 0. The molecule has 0 amide bonds. The fourth-order valence-corrected chi connectivity index (χ4v) is 9.44. The van der Waals surface area contributed by atoms with Crippen molar-refractivity contribution < 1.29 is 0 Å². The van der Waals surface area contributed by atoms with Gasteiger partial charge in [0.25, 0.3) is 0 Å². The van der Waals surface area contributed by atoms with Crippen molar-refractivity contribution in [1.29, 1.82) is 0 Å². The Morgan fingerprint density at radius 2 is 1.19 bits per heavy atom. The van der Waals surface area contributed by atoms with E-state index in [2.05, 4.69) is 204 Å². The molecule has 1 unspecified atom stereocenters. The molecule has 0 aromatic heterocycles. The average molecular weight is 703 g/mol. The third-order valence-corrected chi connectivity index (χ3v) is 12.4. The molecule has 2 heteroatoms. The van der Waals surface area contributed by atoms with Gasteiger partial charge in [-0.1, -0.05) is 123 Å². The number of benzene rings is 6. The van der Waals surface area contributed by atoms with Gasteiger partial charge in [0.15, 0.2) is 0 Å². The van der Waals surface area contributed by atoms with Crippen LogP contribution in [-0.4, -0.2) is 11.6 Å². The molecule has 2 nitrogen and oxygen atoms in total. The van der Waals surface area contributed by atoms with E-state index in [0.29, 0.717) is 6.04 Å². The lowest BCUT2D eigenvalue weighted by molar-refractivity contribution is 0.618. The number of nitrogens with zero attached hydrogens (tertiary/aromatic N) is 2. The second kappa shape index (κ2) is 12.8. The molecule has 9 rings (SSSR count). The highest BCUT2D eigenvalue weighted by Gasteiger charge is 2.38. The summed E-state index contributed by atoms with van der Waals surface area (Å²) in [7, 11) is 0. The van der Waals surface area contributed by atoms with Crippen LogP contribution in [0.5, 0.6) is 0 Å². The van der Waals surface area contributed by atoms with Crippen molar-refractivity contribution in [2.24, 2.45) is 0 Å². The molecule has 2 aliphatic heterocycles. The number of hydrogen-bond acceptors (Lipinski definition) is 2. The lowest BCUT2D eigenvalue weighted by Gasteiger charge is -2.42. The summed E-state index contributed by atoms with van der Waals surface area (Å²) in [5.74, 6) is 0. The highest BCUT2D eigenvalue weighted by Crippen LogP contribution is 2.51. The van der Waals surface area contributed by atoms with Crippen LogP contribution in [0.15, 0.2) is 127 Å². The summed E-state index contributed by atoms with van der Waals surface area (Å²) in [4.78, 5) is 5.02. The van der Waals surface area contributed by atoms with Crippen molar-refractivity contribution in [3.05, 3.63) is 172 Å². The first-order valence-electron chi connectivity index (χ1n) is 19.6. The maximum absolute atomic E-state index is 2.53. The van der Waals surface area contributed by atoms with Crippen molar-refractivity contribution in [3.8, 4) is 22.3 Å². The van der Waals surface area contributed by atoms with E-state index in [4.69, 9.17) is 0 Å². The fraction of sp³-hybridized carbons (Fsp3) is 0.231. The van der Waals surface area contributed by atoms with Crippen LogP contribution in [0.3, 0.4) is 0 Å². The SMILES string of the molecule is Cc1cc(C=Cc2ccc3c(c2)C(C)(C)c2cc(N4c5ccccc5C=CC4(C)C)ccc2-3)ccc1-c1ccc(N2c3ccccc3CCC2C)cc1C. The first-order valence-corrected chi connectivity index (χ1v) is 19.6. The third-order valence-electron chi connectivity index (χ3n) is 12.4. The van der Waals surface area contributed by atoms with Crippen LogP contribution in [0.1, 0.15) is 85.5 Å². The zero-order valence-electron chi connectivity index (χ0n) is 32.7. The van der Waals surface area contributed by atoms with E-state index in [1.807, 2.05) is 0 Å². The standard InChI is InChI=1S/C52H50N2/c1-34-30-37(19-24-43(34)44-26-22-41(31-35(44)2)53-36(3)16-21-39-12-8-10-14-49(39)53)17-18-38-20-25-45-46-27-23-42(33-48(46)52(6,7)47(45)32-38)54-50-15-11-9-13-40(50)28-29-51(54,4)5/h8-15,17-20,22-33,36H,16,21H2,1-7H3. The van der Waals surface area contributed by atoms with Gasteiger partial charge < -0.3 is 9.80 Å². The zero-order valence-corrected chi connectivity index (χ0v) is 32.7. The van der Waals surface area contributed by atoms with Crippen LogP contribution >= 0.6 is 0 Å². The fourth-order valence-electron chi connectivity index (χ4n) is 9.44. The quantitative estimate of drug-likeness (QED) is 0.165. The topological polar surface area (TPSA) is 6.48 Å². The van der Waals surface area contributed by atoms with Gasteiger partial charge in [-0.15, -0.1) is 0 Å². The Morgan fingerprint density at radius 1 is 0.593 bits per heavy atom. The molecule has 1 atom stereocenters. The van der Waals surface area contributed by atoms with Crippen LogP contribution < -0.4 is 9.80 Å². The number of para-hydroxylation sites is 2. The second-order valence-corrected chi connectivity index (χ2v) is 16.8. The molecular weight excluding hydrogens is 653 g/mol. The Bertz CT molecular complexity index is 2510. The highest BCUT2D eigenvalue weighted by atomic mass is 15.2. The van der Waals surface area contributed by atoms with Gasteiger partial charge in [-0.25, -0.2) is 0 Å². The second-order valence-electron chi connectivity index (χ2n) is 16.8. The van der Waals surface area contributed by atoms with Crippen molar-refractivity contribution in [2.45, 2.75) is 78.3 Å². The Kier molecular flexibility index (Phi) is 8.08. The molecule has 3 aliphatic rings. The summed E-state index contributed by atoms with van der Waals surface area (Å²) in [6, 6.07) is 46.1. The molecule has 2 heterocycles. The molecule has 0 bridgehead atoms. The molecule has 1 aliphatic carbocycles. The summed E-state index contributed by atoms with van der Waals surface area (Å²) in [6.45, 7) is 16.2. The van der Waals surface area contributed by atoms with Crippen molar-refractivity contribution in [1.82, 2.24) is 0 Å². The molecule has 0 spiro atoms. The van der Waals surface area contributed by atoms with Crippen LogP contribution in [-0.2, 0) is 11.8 Å². The Labute approximate surface area is 322 Å². The van der Waals surface area contributed by atoms with Crippen LogP contribution in [0.25, 0.3) is 40.5 Å². The van der Waals surface area contributed by atoms with Gasteiger partial charge in [-0.3, -0.25) is 0 Å². The molecule has 268 valence electrons. The molecule has 0 saturated heterocycles. The Hall–Kier alpha value is -5.60. The van der Waals surface area contributed by atoms with Crippen molar-refractivity contribution >= 4 is 41.0 Å². The number of anilines is 4. The van der Waals surface area contributed by atoms with E-state index in [-0.39, 0.29) is 11.0 Å². The van der Waals surface area contributed by atoms with E-state index in [1.165, 1.54) is 95.9 Å². The molecule has 6 aromatic rings. The molecule has 54 heavy (non-hydrogen) atoms. The molecule has 6 aromatic carbocycles. The molecule has 0 fully saturated rings. The largest absolute Gasteiger partial charge is 0.338 e. The van der Waals surface area contributed by atoms with Gasteiger partial charge in [-0.05, 0) is 151 Å². The van der Waals surface area contributed by atoms with E-state index < -0.39 is 0 Å². The van der Waals surface area contributed by atoms with Gasteiger partial charge in [0.05, 0.1) is 5.54 Å². The average Bonchev–Trinajstić information content (AvgIpc) is 3.38. The predicted octanol–water partition coefficient (Wildman–Crippen LogP) is 13.9. The zero-order chi connectivity index (χ0) is 37.4. The maximum Gasteiger partial charge on any atom is 0.0580 e. The van der Waals surface area contributed by atoms with Gasteiger partial charge in [0, 0.05) is 34.2 Å². The lowest BCUT2D eigenvalue weighted by Crippen LogP contribution is -2.40. The van der Waals surface area contributed by atoms with Gasteiger partial charge >= 0.3 is 0 Å². The number of fused-ring (bicyclic) bond motifs is 5. The van der Waals surface area contributed by atoms with Gasteiger partial charge in [-0.2, -0.15) is 0 Å². The summed E-state index contributed by atoms with van der Waals surface area (Å²) in [5, 5.41) is 0. The first-order chi connectivity index (χ1) is 26.0. The summed E-state index contributed by atoms with van der Waals surface area (Å²) in [5.41, 5.74) is 20.7. The molecule has 0 radical (unpaired) electrons. The summed E-state index contributed by atoms with van der Waals surface area (Å²) < 4.78 is 0. The van der Waals surface area contributed by atoms with Crippen LogP contribution in [0.2, 0.25) is 0 Å². The number of rotatable bonds is 5. The Balaban J connectivity index is 0.964. The normalized spacial score (nSPS) is 17.6. The van der Waals surface area contributed by atoms with Gasteiger partial charge in [0.2, 0.25) is 0 Å². The minimum absolute atomic E-state index is 0.110. The van der Waals surface area contributed by atoms with Crippen molar-refractivity contribution in [3.63, 3.8) is 0 Å². The van der Waals surface area contributed by atoms with Gasteiger partial charge in [0.1, 0.15) is 0 Å². The summed E-state index contributed by atoms with van der Waals surface area (Å²) >= 11 is 0. The smallest absolute Gasteiger partial charge is 0.0580 e. The van der Waals surface area contributed by atoms with Crippen molar-refractivity contribution in [2.75, 3.05) is 9.80 Å². The molecular formula is C52H50N2. The Morgan fingerprint density at radius 3 is 1.93 bits per heavy atom.